The van der Waals surface area contributed by atoms with Crippen molar-refractivity contribution in [1.82, 2.24) is 25.0 Å². The van der Waals surface area contributed by atoms with Crippen LogP contribution in [0.5, 0.6) is 0 Å². The summed E-state index contributed by atoms with van der Waals surface area (Å²) in [5.74, 6) is -0.315. The van der Waals surface area contributed by atoms with Crippen LogP contribution in [-0.2, 0) is 21.4 Å². The van der Waals surface area contributed by atoms with Crippen molar-refractivity contribution in [3.63, 3.8) is 0 Å². The Labute approximate surface area is 133 Å². The summed E-state index contributed by atoms with van der Waals surface area (Å²) < 4.78 is 26.7. The fraction of sp³-hybridized carbons (Fsp3) is 0.357. The van der Waals surface area contributed by atoms with Crippen molar-refractivity contribution >= 4 is 15.9 Å². The second-order valence-electron chi connectivity index (χ2n) is 5.27. The van der Waals surface area contributed by atoms with Crippen molar-refractivity contribution in [2.45, 2.75) is 30.3 Å². The third-order valence-corrected chi connectivity index (χ3v) is 5.69. The first kappa shape index (κ1) is 15.6. The quantitative estimate of drug-likeness (QED) is 0.815. The Hall–Kier alpha value is -2.26. The van der Waals surface area contributed by atoms with Crippen LogP contribution in [0.1, 0.15) is 18.5 Å². The highest BCUT2D eigenvalue weighted by Gasteiger charge is 2.39. The summed E-state index contributed by atoms with van der Waals surface area (Å²) in [6.45, 7) is 0.560. The lowest BCUT2D eigenvalue weighted by Gasteiger charge is -2.23. The van der Waals surface area contributed by atoms with Crippen LogP contribution >= 0.6 is 0 Å². The van der Waals surface area contributed by atoms with Gasteiger partial charge >= 0.3 is 0 Å². The van der Waals surface area contributed by atoms with Crippen molar-refractivity contribution in [3.8, 4) is 0 Å². The molecular weight excluding hydrogens is 318 g/mol. The Bertz CT molecular complexity index is 761. The Kier molecular flexibility index (Phi) is 4.39. The van der Waals surface area contributed by atoms with Gasteiger partial charge in [-0.25, -0.2) is 8.42 Å². The highest BCUT2D eigenvalue weighted by Crippen LogP contribution is 2.26. The number of sulfonamides is 1. The highest BCUT2D eigenvalue weighted by molar-refractivity contribution is 7.89. The molecule has 2 aromatic rings. The predicted molar refractivity (Wildman–Crippen MR) is 81.6 cm³/mol. The van der Waals surface area contributed by atoms with E-state index < -0.39 is 16.1 Å². The maximum absolute atomic E-state index is 12.7. The predicted octanol–water partition coefficient (Wildman–Crippen LogP) is 0.274. The van der Waals surface area contributed by atoms with Gasteiger partial charge in [-0.15, -0.1) is 0 Å². The molecule has 1 fully saturated rings. The summed E-state index contributed by atoms with van der Waals surface area (Å²) in [4.78, 5) is 12.6. The minimum absolute atomic E-state index is 0.205. The summed E-state index contributed by atoms with van der Waals surface area (Å²) >= 11 is 0. The Morgan fingerprint density at radius 3 is 2.83 bits per heavy atom. The average molecular weight is 335 g/mol. The summed E-state index contributed by atoms with van der Waals surface area (Å²) in [5.41, 5.74) is 0.591. The molecule has 0 bridgehead atoms. The zero-order valence-electron chi connectivity index (χ0n) is 12.3. The van der Waals surface area contributed by atoms with E-state index in [0.29, 0.717) is 25.1 Å². The largest absolute Gasteiger partial charge is 0.349 e. The van der Waals surface area contributed by atoms with Crippen LogP contribution in [0.4, 0.5) is 0 Å². The summed E-state index contributed by atoms with van der Waals surface area (Å²) in [7, 11) is -3.67. The lowest BCUT2D eigenvalue weighted by atomic mass is 10.2. The zero-order valence-corrected chi connectivity index (χ0v) is 13.2. The van der Waals surface area contributed by atoms with Gasteiger partial charge in [0.05, 0.1) is 17.6 Å². The van der Waals surface area contributed by atoms with Crippen LogP contribution < -0.4 is 5.32 Å². The van der Waals surface area contributed by atoms with E-state index >= 15 is 0 Å². The molecule has 1 saturated heterocycles. The molecular formula is C14H17N5O3S. The number of carbonyl (C=O) groups is 1. The van der Waals surface area contributed by atoms with Crippen LogP contribution in [-0.4, -0.2) is 46.6 Å². The first-order valence-electron chi connectivity index (χ1n) is 7.28. The summed E-state index contributed by atoms with van der Waals surface area (Å²) in [5, 5.41) is 12.7. The molecule has 2 heterocycles. The van der Waals surface area contributed by atoms with Gasteiger partial charge in [0.1, 0.15) is 11.7 Å². The van der Waals surface area contributed by atoms with Crippen molar-refractivity contribution < 1.29 is 13.2 Å². The monoisotopic (exact) mass is 335 g/mol. The fourth-order valence-electron chi connectivity index (χ4n) is 2.62. The molecule has 1 amide bonds. The van der Waals surface area contributed by atoms with Crippen LogP contribution in [0.2, 0.25) is 0 Å². The number of H-pyrrole nitrogens is 1. The standard InChI is InChI=1S/C14H17N5O3S/c20-14(15-9-11-10-16-18-17-11)13-7-4-8-19(13)23(21,22)12-5-2-1-3-6-12/h1-3,5-6,10,13H,4,7-9H2,(H,15,20)(H,16,17,18)/t13-/m0/s1. The molecule has 0 aliphatic carbocycles. The second-order valence-corrected chi connectivity index (χ2v) is 7.16. The number of amides is 1. The molecule has 122 valence electrons. The van der Waals surface area contributed by atoms with E-state index in [1.54, 1.807) is 18.2 Å². The van der Waals surface area contributed by atoms with Crippen molar-refractivity contribution in [1.29, 1.82) is 0 Å². The van der Waals surface area contributed by atoms with Gasteiger partial charge in [-0.05, 0) is 25.0 Å². The summed E-state index contributed by atoms with van der Waals surface area (Å²) in [6, 6.07) is 7.49. The third kappa shape index (κ3) is 3.25. The maximum atomic E-state index is 12.7. The Morgan fingerprint density at radius 2 is 2.13 bits per heavy atom. The molecule has 1 aromatic carbocycles. The summed E-state index contributed by atoms with van der Waals surface area (Å²) in [6.07, 6.45) is 2.68. The molecule has 0 radical (unpaired) electrons. The number of nitrogens with one attached hydrogen (secondary N) is 2. The van der Waals surface area contributed by atoms with Crippen LogP contribution in [0.3, 0.4) is 0 Å². The van der Waals surface area contributed by atoms with E-state index in [9.17, 15) is 13.2 Å². The number of carbonyl (C=O) groups excluding carboxylic acids is 1. The second kappa shape index (κ2) is 6.47. The van der Waals surface area contributed by atoms with Gasteiger partial charge in [0, 0.05) is 6.54 Å². The minimum Gasteiger partial charge on any atom is -0.349 e. The van der Waals surface area contributed by atoms with E-state index in [4.69, 9.17) is 0 Å². The molecule has 1 atom stereocenters. The minimum atomic E-state index is -3.67. The van der Waals surface area contributed by atoms with Crippen molar-refractivity contribution in [3.05, 3.63) is 42.2 Å². The van der Waals surface area contributed by atoms with Gasteiger partial charge in [-0.1, -0.05) is 18.2 Å². The average Bonchev–Trinajstić information content (AvgIpc) is 3.25. The van der Waals surface area contributed by atoms with Gasteiger partial charge in [-0.2, -0.15) is 19.7 Å². The van der Waals surface area contributed by atoms with Crippen LogP contribution in [0.15, 0.2) is 41.4 Å². The number of aromatic amines is 1. The van der Waals surface area contributed by atoms with Gasteiger partial charge in [0.2, 0.25) is 15.9 Å². The molecule has 9 heteroatoms. The molecule has 8 nitrogen and oxygen atoms in total. The number of hydrogen-bond acceptors (Lipinski definition) is 5. The van der Waals surface area contributed by atoms with E-state index in [2.05, 4.69) is 20.7 Å². The van der Waals surface area contributed by atoms with E-state index in [1.807, 2.05) is 0 Å². The van der Waals surface area contributed by atoms with Crippen molar-refractivity contribution in [2.24, 2.45) is 0 Å². The molecule has 0 unspecified atom stereocenters. The molecule has 3 rings (SSSR count). The molecule has 1 aliphatic heterocycles. The lowest BCUT2D eigenvalue weighted by Crippen LogP contribution is -2.45. The molecule has 1 aliphatic rings. The number of hydrogen-bond donors (Lipinski definition) is 2. The van der Waals surface area contributed by atoms with Crippen molar-refractivity contribution in [2.75, 3.05) is 6.54 Å². The highest BCUT2D eigenvalue weighted by atomic mass is 32.2. The van der Waals surface area contributed by atoms with E-state index in [0.717, 1.165) is 0 Å². The van der Waals surface area contributed by atoms with Gasteiger partial charge in [0.15, 0.2) is 0 Å². The van der Waals surface area contributed by atoms with Gasteiger partial charge in [0.25, 0.3) is 0 Å². The molecule has 0 saturated carbocycles. The molecule has 2 N–H and O–H groups in total. The van der Waals surface area contributed by atoms with E-state index in [1.165, 1.54) is 22.6 Å². The first-order valence-corrected chi connectivity index (χ1v) is 8.72. The smallest absolute Gasteiger partial charge is 0.243 e. The Morgan fingerprint density at radius 1 is 1.35 bits per heavy atom. The third-order valence-electron chi connectivity index (χ3n) is 3.76. The lowest BCUT2D eigenvalue weighted by molar-refractivity contribution is -0.124. The fourth-order valence-corrected chi connectivity index (χ4v) is 4.30. The van der Waals surface area contributed by atoms with Gasteiger partial charge < -0.3 is 5.32 Å². The molecule has 1 aromatic heterocycles. The Balaban J connectivity index is 1.73. The number of aromatic nitrogens is 3. The van der Waals surface area contributed by atoms with Crippen LogP contribution in [0.25, 0.3) is 0 Å². The topological polar surface area (TPSA) is 108 Å². The normalized spacial score (nSPS) is 18.9. The SMILES string of the molecule is O=C(NCc1cn[nH]n1)[C@@H]1CCCN1S(=O)(=O)c1ccccc1. The van der Waals surface area contributed by atoms with E-state index in [-0.39, 0.29) is 17.3 Å². The zero-order chi connectivity index (χ0) is 16.3. The number of rotatable bonds is 5. The molecule has 23 heavy (non-hydrogen) atoms. The number of benzene rings is 1. The first-order chi connectivity index (χ1) is 11.1. The number of nitrogens with zero attached hydrogens (tertiary/aromatic N) is 3. The maximum Gasteiger partial charge on any atom is 0.243 e. The van der Waals surface area contributed by atoms with Gasteiger partial charge in [-0.3, -0.25) is 4.79 Å². The molecule has 0 spiro atoms. The van der Waals surface area contributed by atoms with Crippen LogP contribution in [0, 0.1) is 0 Å².